The van der Waals surface area contributed by atoms with Crippen molar-refractivity contribution < 1.29 is 4.42 Å². The molecule has 2 aromatic heterocycles. The fourth-order valence-corrected chi connectivity index (χ4v) is 2.05. The van der Waals surface area contributed by atoms with E-state index in [9.17, 15) is 0 Å². The maximum atomic E-state index is 8.71. The summed E-state index contributed by atoms with van der Waals surface area (Å²) < 4.78 is 5.19. The van der Waals surface area contributed by atoms with Crippen molar-refractivity contribution in [1.82, 2.24) is 0 Å². The van der Waals surface area contributed by atoms with Crippen LogP contribution in [-0.4, -0.2) is 0 Å². The van der Waals surface area contributed by atoms with Gasteiger partial charge in [0.2, 0.25) is 0 Å². The van der Waals surface area contributed by atoms with E-state index in [4.69, 9.17) is 27.0 Å². The summed E-state index contributed by atoms with van der Waals surface area (Å²) in [5.41, 5.74) is 6.08. The van der Waals surface area contributed by atoms with Crippen LogP contribution >= 0.6 is 22.9 Å². The molecule has 3 nitrogen and oxygen atoms in total. The number of nitrogen functional groups attached to an aromatic ring is 1. The number of hydrogen-bond acceptors (Lipinski definition) is 4. The average molecular weight is 225 g/mol. The highest BCUT2D eigenvalue weighted by atomic mass is 35.5. The van der Waals surface area contributed by atoms with Crippen molar-refractivity contribution >= 4 is 28.6 Å². The lowest BCUT2D eigenvalue weighted by molar-refractivity contribution is 0.586. The molecule has 70 valence electrons. The Kier molecular flexibility index (Phi) is 2.20. The van der Waals surface area contributed by atoms with Crippen LogP contribution in [0.4, 0.5) is 5.69 Å². The number of furan rings is 1. The lowest BCUT2D eigenvalue weighted by Crippen LogP contribution is -1.81. The maximum absolute atomic E-state index is 8.71. The van der Waals surface area contributed by atoms with Crippen molar-refractivity contribution in [2.75, 3.05) is 5.73 Å². The zero-order valence-electron chi connectivity index (χ0n) is 6.95. The molecule has 0 bridgehead atoms. The summed E-state index contributed by atoms with van der Waals surface area (Å²) in [6.45, 7) is 0. The van der Waals surface area contributed by atoms with Gasteiger partial charge in [-0.25, -0.2) is 0 Å². The zero-order chi connectivity index (χ0) is 10.1. The van der Waals surface area contributed by atoms with Crippen molar-refractivity contribution in [2.24, 2.45) is 0 Å². The fourth-order valence-electron chi connectivity index (χ4n) is 1.06. The van der Waals surface area contributed by atoms with Crippen molar-refractivity contribution in [3.63, 3.8) is 0 Å². The van der Waals surface area contributed by atoms with Gasteiger partial charge in [-0.3, -0.25) is 0 Å². The first-order valence-corrected chi connectivity index (χ1v) is 4.95. The molecule has 0 aliphatic carbocycles. The zero-order valence-corrected chi connectivity index (χ0v) is 8.52. The van der Waals surface area contributed by atoms with Crippen LogP contribution in [0, 0.1) is 11.3 Å². The van der Waals surface area contributed by atoms with Crippen molar-refractivity contribution in [3.8, 4) is 16.7 Å². The van der Waals surface area contributed by atoms with Gasteiger partial charge in [0, 0.05) is 0 Å². The smallest absolute Gasteiger partial charge is 0.193 e. The molecule has 0 saturated heterocycles. The van der Waals surface area contributed by atoms with Crippen LogP contribution < -0.4 is 5.73 Å². The average Bonchev–Trinajstić information content (AvgIpc) is 2.71. The SMILES string of the molecule is N#Cc1sc(-c2ccc(Cl)o2)cc1N. The highest BCUT2D eigenvalue weighted by molar-refractivity contribution is 7.16. The number of hydrogen-bond donors (Lipinski definition) is 1. The first-order valence-electron chi connectivity index (χ1n) is 3.76. The van der Waals surface area contributed by atoms with Gasteiger partial charge in [0.25, 0.3) is 0 Å². The monoisotopic (exact) mass is 224 g/mol. The van der Waals surface area contributed by atoms with E-state index in [2.05, 4.69) is 0 Å². The molecular weight excluding hydrogens is 220 g/mol. The van der Waals surface area contributed by atoms with Gasteiger partial charge in [0.15, 0.2) is 5.22 Å². The van der Waals surface area contributed by atoms with E-state index in [1.54, 1.807) is 18.2 Å². The number of anilines is 1. The number of nitrogens with two attached hydrogens (primary N) is 1. The van der Waals surface area contributed by atoms with Gasteiger partial charge in [0.1, 0.15) is 16.7 Å². The minimum atomic E-state index is 0.325. The molecule has 0 amide bonds. The Hall–Kier alpha value is -1.44. The first-order chi connectivity index (χ1) is 6.70. The molecular formula is C9H5ClN2OS. The number of nitriles is 1. The largest absolute Gasteiger partial charge is 0.444 e. The summed E-state index contributed by atoms with van der Waals surface area (Å²) in [6.07, 6.45) is 0. The lowest BCUT2D eigenvalue weighted by atomic mass is 10.3. The van der Waals surface area contributed by atoms with Crippen LogP contribution in [0.15, 0.2) is 22.6 Å². The Morgan fingerprint density at radius 1 is 1.50 bits per heavy atom. The topological polar surface area (TPSA) is 63.0 Å². The molecule has 0 unspecified atom stereocenters. The summed E-state index contributed by atoms with van der Waals surface area (Å²) in [5.74, 6) is 0.633. The van der Waals surface area contributed by atoms with E-state index < -0.39 is 0 Å². The number of thiophene rings is 1. The van der Waals surface area contributed by atoms with Crippen LogP contribution in [0.5, 0.6) is 0 Å². The Morgan fingerprint density at radius 3 is 2.79 bits per heavy atom. The summed E-state index contributed by atoms with van der Waals surface area (Å²) in [4.78, 5) is 1.30. The van der Waals surface area contributed by atoms with Gasteiger partial charge in [-0.15, -0.1) is 11.3 Å². The predicted octanol–water partition coefficient (Wildman–Crippen LogP) is 3.12. The van der Waals surface area contributed by atoms with E-state index in [0.717, 1.165) is 4.88 Å². The van der Waals surface area contributed by atoms with Crippen LogP contribution in [0.1, 0.15) is 4.88 Å². The van der Waals surface area contributed by atoms with Crippen LogP contribution in [0.25, 0.3) is 10.6 Å². The molecule has 0 aromatic carbocycles. The molecule has 5 heteroatoms. The van der Waals surface area contributed by atoms with Gasteiger partial charge in [-0.05, 0) is 29.8 Å². The van der Waals surface area contributed by atoms with Crippen LogP contribution in [0.3, 0.4) is 0 Å². The number of nitrogens with zero attached hydrogens (tertiary/aromatic N) is 1. The Morgan fingerprint density at radius 2 is 2.29 bits per heavy atom. The summed E-state index contributed by atoms with van der Waals surface area (Å²) in [7, 11) is 0. The van der Waals surface area contributed by atoms with Crippen LogP contribution in [0.2, 0.25) is 5.22 Å². The van der Waals surface area contributed by atoms with Gasteiger partial charge in [-0.2, -0.15) is 5.26 Å². The van der Waals surface area contributed by atoms with E-state index in [1.807, 2.05) is 6.07 Å². The fraction of sp³-hybridized carbons (Fsp3) is 0. The Bertz CT molecular complexity index is 509. The minimum Gasteiger partial charge on any atom is -0.444 e. The van der Waals surface area contributed by atoms with Crippen molar-refractivity contribution in [1.29, 1.82) is 5.26 Å². The molecule has 14 heavy (non-hydrogen) atoms. The summed E-state index contributed by atoms with van der Waals surface area (Å²) >= 11 is 6.92. The second kappa shape index (κ2) is 3.37. The summed E-state index contributed by atoms with van der Waals surface area (Å²) in [6, 6.07) is 7.11. The van der Waals surface area contributed by atoms with Gasteiger partial charge in [-0.1, -0.05) is 0 Å². The molecule has 0 fully saturated rings. The third kappa shape index (κ3) is 1.48. The normalized spacial score (nSPS) is 10.0. The third-order valence-corrected chi connectivity index (χ3v) is 2.95. The highest BCUT2D eigenvalue weighted by Crippen LogP contribution is 2.34. The standard InChI is InChI=1S/C9H5ClN2OS/c10-9-2-1-6(13-9)7-3-5(12)8(4-11)14-7/h1-3H,12H2. The van der Waals surface area contributed by atoms with Crippen molar-refractivity contribution in [3.05, 3.63) is 28.3 Å². The first kappa shape index (κ1) is 9.13. The third-order valence-electron chi connectivity index (χ3n) is 1.68. The molecule has 0 atom stereocenters. The molecule has 2 N–H and O–H groups in total. The predicted molar refractivity (Wildman–Crippen MR) is 56.2 cm³/mol. The van der Waals surface area contributed by atoms with Gasteiger partial charge in [0.05, 0.1) is 10.6 Å². The molecule has 0 radical (unpaired) electrons. The number of rotatable bonds is 1. The lowest BCUT2D eigenvalue weighted by Gasteiger charge is -1.86. The Labute approximate surface area is 89.3 Å². The van der Waals surface area contributed by atoms with E-state index in [-0.39, 0.29) is 0 Å². The summed E-state index contributed by atoms with van der Waals surface area (Å²) in [5, 5.41) is 9.03. The van der Waals surface area contributed by atoms with Gasteiger partial charge >= 0.3 is 0 Å². The van der Waals surface area contributed by atoms with E-state index >= 15 is 0 Å². The second-order valence-corrected chi connectivity index (χ2v) is 4.04. The maximum Gasteiger partial charge on any atom is 0.193 e. The quantitative estimate of drug-likeness (QED) is 0.810. The van der Waals surface area contributed by atoms with E-state index in [1.165, 1.54) is 11.3 Å². The second-order valence-electron chi connectivity index (χ2n) is 2.61. The molecule has 2 aromatic rings. The number of halogens is 1. The molecule has 2 heterocycles. The Balaban J connectivity index is 2.48. The molecule has 0 aliphatic heterocycles. The molecule has 0 aliphatic rings. The highest BCUT2D eigenvalue weighted by Gasteiger charge is 2.10. The molecule has 2 rings (SSSR count). The minimum absolute atomic E-state index is 0.325. The van der Waals surface area contributed by atoms with Crippen LogP contribution in [-0.2, 0) is 0 Å². The van der Waals surface area contributed by atoms with Gasteiger partial charge < -0.3 is 10.2 Å². The van der Waals surface area contributed by atoms with Crippen molar-refractivity contribution in [2.45, 2.75) is 0 Å². The molecule has 0 spiro atoms. The molecule has 0 saturated carbocycles. The van der Waals surface area contributed by atoms with E-state index in [0.29, 0.717) is 21.5 Å².